The number of nitrogens with one attached hydrogen (secondary N) is 2. The van der Waals surface area contributed by atoms with Gasteiger partial charge in [0, 0.05) is 67.1 Å². The van der Waals surface area contributed by atoms with Crippen molar-refractivity contribution in [2.45, 2.75) is 39.7 Å². The average molecular weight is 438 g/mol. The summed E-state index contributed by atoms with van der Waals surface area (Å²) in [6.07, 6.45) is 5.85. The standard InChI is InChI=1S/C23H28FN7O/c1-14-11-30-12-17(19(24)15(2)20(30)27-14)28-22(32)31-9-6-16-18(5-7-25-21(16)31)29-10-8-26-23(3,4)13-29/h5,7,11-12,26H,6,8-10,13H2,1-4H3,(H,28,32). The monoisotopic (exact) mass is 437 g/mol. The lowest BCUT2D eigenvalue weighted by atomic mass is 10.0. The predicted octanol–water partition coefficient (Wildman–Crippen LogP) is 3.27. The molecule has 1 fully saturated rings. The molecular weight excluding hydrogens is 409 g/mol. The van der Waals surface area contributed by atoms with E-state index in [1.54, 1.807) is 28.6 Å². The quantitative estimate of drug-likeness (QED) is 0.644. The molecule has 2 aliphatic heterocycles. The lowest BCUT2D eigenvalue weighted by Crippen LogP contribution is -2.57. The molecule has 2 N–H and O–H groups in total. The summed E-state index contributed by atoms with van der Waals surface area (Å²) >= 11 is 0. The molecule has 2 amide bonds. The van der Waals surface area contributed by atoms with Gasteiger partial charge in [-0.15, -0.1) is 0 Å². The number of halogens is 1. The first-order valence-electron chi connectivity index (χ1n) is 10.9. The number of aromatic nitrogens is 3. The van der Waals surface area contributed by atoms with E-state index < -0.39 is 5.82 Å². The molecular formula is C23H28FN7O. The molecule has 2 aliphatic rings. The van der Waals surface area contributed by atoms with Crippen LogP contribution in [0.25, 0.3) is 5.65 Å². The van der Waals surface area contributed by atoms with E-state index in [1.807, 2.05) is 19.2 Å². The zero-order chi connectivity index (χ0) is 22.6. The molecule has 0 saturated carbocycles. The van der Waals surface area contributed by atoms with Crippen LogP contribution in [0.5, 0.6) is 0 Å². The zero-order valence-electron chi connectivity index (χ0n) is 18.9. The number of urea groups is 1. The molecule has 0 radical (unpaired) electrons. The number of imidazole rings is 1. The number of rotatable bonds is 2. The number of pyridine rings is 2. The summed E-state index contributed by atoms with van der Waals surface area (Å²) < 4.78 is 16.7. The van der Waals surface area contributed by atoms with Gasteiger partial charge in [-0.05, 0) is 40.2 Å². The van der Waals surface area contributed by atoms with Gasteiger partial charge in [0.2, 0.25) is 0 Å². The van der Waals surface area contributed by atoms with E-state index in [0.29, 0.717) is 23.6 Å². The van der Waals surface area contributed by atoms with Gasteiger partial charge >= 0.3 is 6.03 Å². The van der Waals surface area contributed by atoms with Crippen molar-refractivity contribution < 1.29 is 9.18 Å². The van der Waals surface area contributed by atoms with Crippen molar-refractivity contribution in [3.63, 3.8) is 0 Å². The highest BCUT2D eigenvalue weighted by Crippen LogP contribution is 2.35. The summed E-state index contributed by atoms with van der Waals surface area (Å²) in [4.78, 5) is 25.9. The van der Waals surface area contributed by atoms with E-state index in [9.17, 15) is 9.18 Å². The SMILES string of the molecule is Cc1cn2cc(NC(=O)N3CCc4c(N5CCNC(C)(C)C5)ccnc43)c(F)c(C)c2n1. The number of piperazine rings is 1. The summed E-state index contributed by atoms with van der Waals surface area (Å²) in [5, 5.41) is 6.28. The first kappa shape index (κ1) is 20.7. The number of carbonyl (C=O) groups is 1. The van der Waals surface area contributed by atoms with Gasteiger partial charge in [-0.1, -0.05) is 0 Å². The molecule has 1 saturated heterocycles. The van der Waals surface area contributed by atoms with E-state index in [2.05, 4.69) is 39.3 Å². The van der Waals surface area contributed by atoms with Crippen molar-refractivity contribution in [2.24, 2.45) is 0 Å². The Labute approximate surface area is 186 Å². The van der Waals surface area contributed by atoms with Crippen molar-refractivity contribution in [3.8, 4) is 0 Å². The highest BCUT2D eigenvalue weighted by molar-refractivity contribution is 6.03. The number of hydrogen-bond donors (Lipinski definition) is 2. The van der Waals surface area contributed by atoms with Crippen LogP contribution < -0.4 is 20.4 Å². The Balaban J connectivity index is 1.42. The lowest BCUT2D eigenvalue weighted by molar-refractivity contribution is 0.257. The minimum Gasteiger partial charge on any atom is -0.368 e. The summed E-state index contributed by atoms with van der Waals surface area (Å²) in [5.74, 6) is 0.175. The molecule has 0 aliphatic carbocycles. The molecule has 8 nitrogen and oxygen atoms in total. The molecule has 0 aromatic carbocycles. The topological polar surface area (TPSA) is 77.8 Å². The van der Waals surface area contributed by atoms with Crippen LogP contribution in [0.3, 0.4) is 0 Å². The van der Waals surface area contributed by atoms with E-state index in [-0.39, 0.29) is 17.3 Å². The van der Waals surface area contributed by atoms with Gasteiger partial charge in [0.15, 0.2) is 5.82 Å². The zero-order valence-corrected chi connectivity index (χ0v) is 18.9. The van der Waals surface area contributed by atoms with E-state index in [1.165, 1.54) is 0 Å². The second kappa shape index (κ2) is 7.44. The fraction of sp³-hybridized carbons (Fsp3) is 0.435. The van der Waals surface area contributed by atoms with Crippen molar-refractivity contribution in [3.05, 3.63) is 47.3 Å². The van der Waals surface area contributed by atoms with Gasteiger partial charge in [0.25, 0.3) is 0 Å². The first-order chi connectivity index (χ1) is 15.2. The van der Waals surface area contributed by atoms with Crippen molar-refractivity contribution in [1.82, 2.24) is 19.7 Å². The Bertz CT molecular complexity index is 1220. The van der Waals surface area contributed by atoms with E-state index >= 15 is 0 Å². The summed E-state index contributed by atoms with van der Waals surface area (Å²) in [7, 11) is 0. The number of carbonyl (C=O) groups excluding carboxylic acids is 1. The molecule has 0 bridgehead atoms. The van der Waals surface area contributed by atoms with Gasteiger partial charge in [0.05, 0.1) is 11.4 Å². The van der Waals surface area contributed by atoms with Crippen LogP contribution in [-0.4, -0.2) is 52.1 Å². The number of anilines is 3. The van der Waals surface area contributed by atoms with E-state index in [0.717, 1.165) is 43.0 Å². The number of hydrogen-bond acceptors (Lipinski definition) is 5. The number of nitrogens with zero attached hydrogens (tertiary/aromatic N) is 5. The van der Waals surface area contributed by atoms with Crippen LogP contribution in [-0.2, 0) is 6.42 Å². The lowest BCUT2D eigenvalue weighted by Gasteiger charge is -2.41. The van der Waals surface area contributed by atoms with Crippen LogP contribution >= 0.6 is 0 Å². The largest absolute Gasteiger partial charge is 0.368 e. The Morgan fingerprint density at radius 1 is 1.25 bits per heavy atom. The molecule has 0 atom stereocenters. The van der Waals surface area contributed by atoms with E-state index in [4.69, 9.17) is 0 Å². The van der Waals surface area contributed by atoms with Gasteiger partial charge in [-0.25, -0.2) is 19.2 Å². The number of aryl methyl sites for hydroxylation is 2. The normalized spacial score (nSPS) is 17.7. The second-order valence-electron chi connectivity index (χ2n) is 9.29. The maximum Gasteiger partial charge on any atom is 0.327 e. The smallest absolute Gasteiger partial charge is 0.327 e. The summed E-state index contributed by atoms with van der Waals surface area (Å²) in [5.41, 5.74) is 4.08. The minimum atomic E-state index is -0.472. The molecule has 0 spiro atoms. The molecule has 168 valence electrons. The van der Waals surface area contributed by atoms with Crippen LogP contribution in [0, 0.1) is 19.7 Å². The summed E-state index contributed by atoms with van der Waals surface area (Å²) in [6, 6.07) is 1.64. The number of fused-ring (bicyclic) bond motifs is 2. The van der Waals surface area contributed by atoms with Crippen LogP contribution in [0.2, 0.25) is 0 Å². The third-order valence-electron chi connectivity index (χ3n) is 6.27. The molecule has 5 rings (SSSR count). The Hall–Kier alpha value is -3.20. The predicted molar refractivity (Wildman–Crippen MR) is 123 cm³/mol. The van der Waals surface area contributed by atoms with Crippen LogP contribution in [0.15, 0.2) is 24.7 Å². The third-order valence-corrected chi connectivity index (χ3v) is 6.27. The molecule has 0 unspecified atom stereocenters. The van der Waals surface area contributed by atoms with Gasteiger partial charge in [-0.2, -0.15) is 0 Å². The Morgan fingerprint density at radius 2 is 2.06 bits per heavy atom. The molecule has 32 heavy (non-hydrogen) atoms. The highest BCUT2D eigenvalue weighted by Gasteiger charge is 2.33. The third kappa shape index (κ3) is 3.46. The fourth-order valence-corrected chi connectivity index (χ4v) is 4.77. The first-order valence-corrected chi connectivity index (χ1v) is 10.9. The number of amides is 2. The van der Waals surface area contributed by atoms with Gasteiger partial charge < -0.3 is 19.9 Å². The fourth-order valence-electron chi connectivity index (χ4n) is 4.77. The Morgan fingerprint density at radius 3 is 2.84 bits per heavy atom. The Kier molecular flexibility index (Phi) is 4.81. The van der Waals surface area contributed by atoms with Gasteiger partial charge in [0.1, 0.15) is 11.5 Å². The van der Waals surface area contributed by atoms with Crippen LogP contribution in [0.4, 0.5) is 26.4 Å². The maximum absolute atomic E-state index is 14.9. The van der Waals surface area contributed by atoms with Gasteiger partial charge in [-0.3, -0.25) is 4.90 Å². The maximum atomic E-state index is 14.9. The molecule has 9 heteroatoms. The van der Waals surface area contributed by atoms with Crippen LogP contribution in [0.1, 0.15) is 30.7 Å². The summed E-state index contributed by atoms with van der Waals surface area (Å²) in [6.45, 7) is 11.1. The molecule has 5 heterocycles. The highest BCUT2D eigenvalue weighted by atomic mass is 19.1. The van der Waals surface area contributed by atoms with Crippen molar-refractivity contribution >= 4 is 28.9 Å². The minimum absolute atomic E-state index is 0.0176. The average Bonchev–Trinajstić information content (AvgIpc) is 3.34. The molecule has 3 aromatic rings. The van der Waals surface area contributed by atoms with Crippen molar-refractivity contribution in [1.29, 1.82) is 0 Å². The second-order valence-corrected chi connectivity index (χ2v) is 9.29. The molecule has 3 aromatic heterocycles. The van der Waals surface area contributed by atoms with Crippen molar-refractivity contribution in [2.75, 3.05) is 41.3 Å².